The van der Waals surface area contributed by atoms with Gasteiger partial charge in [0.1, 0.15) is 12.4 Å². The summed E-state index contributed by atoms with van der Waals surface area (Å²) in [4.78, 5) is 7.84. The molecule has 0 aliphatic carbocycles. The third-order valence-electron chi connectivity index (χ3n) is 2.52. The van der Waals surface area contributed by atoms with Gasteiger partial charge in [0.25, 0.3) is 0 Å². The summed E-state index contributed by atoms with van der Waals surface area (Å²) in [5.74, 6) is 0.900. The number of H-pyrrole nitrogens is 1. The van der Waals surface area contributed by atoms with Crippen molar-refractivity contribution in [2.24, 2.45) is 0 Å². The van der Waals surface area contributed by atoms with Crippen LogP contribution in [0, 0.1) is 13.8 Å². The van der Waals surface area contributed by atoms with E-state index in [0.717, 1.165) is 16.9 Å². The van der Waals surface area contributed by atoms with E-state index in [4.69, 9.17) is 4.74 Å². The predicted molar refractivity (Wildman–Crippen MR) is 65.5 cm³/mol. The third-order valence-corrected chi connectivity index (χ3v) is 2.52. The second-order valence-corrected chi connectivity index (χ2v) is 4.52. The van der Waals surface area contributed by atoms with E-state index < -0.39 is 0 Å². The van der Waals surface area contributed by atoms with Gasteiger partial charge in [-0.25, -0.2) is 4.98 Å². The molecule has 1 heterocycles. The van der Waals surface area contributed by atoms with Gasteiger partial charge in [0.05, 0.1) is 17.1 Å². The molecule has 1 aromatic heterocycles. The van der Waals surface area contributed by atoms with Gasteiger partial charge >= 0.3 is 0 Å². The van der Waals surface area contributed by atoms with Crippen molar-refractivity contribution in [3.63, 3.8) is 0 Å². The van der Waals surface area contributed by atoms with Gasteiger partial charge < -0.3 is 9.72 Å². The Labute approximate surface area is 95.8 Å². The molecule has 0 aliphatic heterocycles. The van der Waals surface area contributed by atoms with Crippen molar-refractivity contribution in [2.45, 2.75) is 40.4 Å². The number of nitrogens with zero attached hydrogens (tertiary/aromatic N) is 1. The summed E-state index contributed by atoms with van der Waals surface area (Å²) in [7, 11) is 0. The number of ether oxygens (including phenoxy) is 1. The van der Waals surface area contributed by atoms with Crippen LogP contribution in [0.3, 0.4) is 0 Å². The number of hydrogen-bond acceptors (Lipinski definition) is 2. The monoisotopic (exact) mass is 218 g/mol. The van der Waals surface area contributed by atoms with Gasteiger partial charge in [0.2, 0.25) is 0 Å². The topological polar surface area (TPSA) is 37.9 Å². The molecule has 0 aliphatic rings. The number of aryl methyl sites for hydroxylation is 2. The normalized spacial score (nSPS) is 11.6. The molecule has 0 bridgehead atoms. The maximum Gasteiger partial charge on any atom is 0.133 e. The quantitative estimate of drug-likeness (QED) is 0.859. The van der Waals surface area contributed by atoms with Crippen molar-refractivity contribution in [2.75, 3.05) is 0 Å². The Hall–Kier alpha value is -1.35. The van der Waals surface area contributed by atoms with E-state index in [1.807, 2.05) is 13.8 Å². The van der Waals surface area contributed by atoms with E-state index in [0.29, 0.717) is 6.61 Å². The van der Waals surface area contributed by atoms with Crippen LogP contribution >= 0.6 is 0 Å². The fourth-order valence-corrected chi connectivity index (χ4v) is 1.84. The minimum absolute atomic E-state index is 0.232. The Morgan fingerprint density at radius 2 is 2.06 bits per heavy atom. The van der Waals surface area contributed by atoms with E-state index in [-0.39, 0.29) is 6.10 Å². The van der Waals surface area contributed by atoms with Gasteiger partial charge in [0.15, 0.2) is 0 Å². The van der Waals surface area contributed by atoms with E-state index >= 15 is 0 Å². The van der Waals surface area contributed by atoms with Crippen molar-refractivity contribution >= 4 is 11.0 Å². The fourth-order valence-electron chi connectivity index (χ4n) is 1.84. The zero-order chi connectivity index (χ0) is 11.7. The summed E-state index contributed by atoms with van der Waals surface area (Å²) in [6, 6.07) is 4.27. The predicted octanol–water partition coefficient (Wildman–Crippen LogP) is 3.10. The van der Waals surface area contributed by atoms with Crippen molar-refractivity contribution in [3.05, 3.63) is 29.1 Å². The molecular weight excluding hydrogens is 200 g/mol. The molecule has 0 fully saturated rings. The lowest BCUT2D eigenvalue weighted by molar-refractivity contribution is 0.0618. The van der Waals surface area contributed by atoms with Gasteiger partial charge in [-0.05, 0) is 44.9 Å². The highest BCUT2D eigenvalue weighted by molar-refractivity contribution is 5.79. The molecule has 0 saturated heterocycles. The lowest BCUT2D eigenvalue weighted by atomic mass is 10.1. The van der Waals surface area contributed by atoms with Gasteiger partial charge in [-0.15, -0.1) is 0 Å². The van der Waals surface area contributed by atoms with E-state index in [9.17, 15) is 0 Å². The number of imidazole rings is 1. The second-order valence-electron chi connectivity index (χ2n) is 4.52. The van der Waals surface area contributed by atoms with Crippen LogP contribution in [0.25, 0.3) is 11.0 Å². The molecule has 0 atom stereocenters. The van der Waals surface area contributed by atoms with E-state index in [1.165, 1.54) is 11.1 Å². The van der Waals surface area contributed by atoms with Gasteiger partial charge in [0, 0.05) is 0 Å². The van der Waals surface area contributed by atoms with E-state index in [2.05, 4.69) is 35.9 Å². The number of aromatic nitrogens is 2. The molecule has 0 spiro atoms. The highest BCUT2D eigenvalue weighted by Crippen LogP contribution is 2.18. The smallest absolute Gasteiger partial charge is 0.133 e. The van der Waals surface area contributed by atoms with Gasteiger partial charge in [-0.3, -0.25) is 0 Å². The molecular formula is C13H18N2O. The minimum Gasteiger partial charge on any atom is -0.371 e. The maximum atomic E-state index is 5.53. The molecule has 0 saturated carbocycles. The lowest BCUT2D eigenvalue weighted by Crippen LogP contribution is -2.03. The Balaban J connectivity index is 2.33. The standard InChI is InChI=1S/C13H18N2O/c1-8(2)16-7-12-14-11-6-9(3)5-10(4)13(11)15-12/h5-6,8H,7H2,1-4H3,(H,14,15). The third kappa shape index (κ3) is 2.25. The first kappa shape index (κ1) is 11.1. The van der Waals surface area contributed by atoms with E-state index in [1.54, 1.807) is 0 Å². The molecule has 2 rings (SSSR count). The summed E-state index contributed by atoms with van der Waals surface area (Å²) in [5, 5.41) is 0. The first-order valence-electron chi connectivity index (χ1n) is 5.63. The lowest BCUT2D eigenvalue weighted by Gasteiger charge is -2.03. The SMILES string of the molecule is Cc1cc(C)c2nc(COC(C)C)[nH]c2c1. The molecule has 1 aromatic carbocycles. The average Bonchev–Trinajstić information content (AvgIpc) is 2.57. The molecule has 2 aromatic rings. The number of hydrogen-bond donors (Lipinski definition) is 1. The average molecular weight is 218 g/mol. The van der Waals surface area contributed by atoms with Crippen molar-refractivity contribution < 1.29 is 4.74 Å². The van der Waals surface area contributed by atoms with Crippen molar-refractivity contribution in [1.29, 1.82) is 0 Å². The maximum absolute atomic E-state index is 5.53. The van der Waals surface area contributed by atoms with Crippen LogP contribution in [0.5, 0.6) is 0 Å². The zero-order valence-corrected chi connectivity index (χ0v) is 10.3. The summed E-state index contributed by atoms with van der Waals surface area (Å²) in [6.45, 7) is 8.78. The number of benzene rings is 1. The Kier molecular flexibility index (Phi) is 2.97. The molecule has 0 unspecified atom stereocenters. The van der Waals surface area contributed by atoms with Gasteiger partial charge in [-0.1, -0.05) is 6.07 Å². The van der Waals surface area contributed by atoms with Crippen LogP contribution in [-0.4, -0.2) is 16.1 Å². The van der Waals surface area contributed by atoms with Crippen LogP contribution in [0.4, 0.5) is 0 Å². The van der Waals surface area contributed by atoms with Gasteiger partial charge in [-0.2, -0.15) is 0 Å². The van der Waals surface area contributed by atoms with Crippen LogP contribution in [0.2, 0.25) is 0 Å². The van der Waals surface area contributed by atoms with Crippen LogP contribution in [0.1, 0.15) is 30.8 Å². The molecule has 1 N–H and O–H groups in total. The highest BCUT2D eigenvalue weighted by atomic mass is 16.5. The second kappa shape index (κ2) is 4.26. The molecule has 0 amide bonds. The first-order chi connectivity index (χ1) is 7.56. The molecule has 0 radical (unpaired) electrons. The zero-order valence-electron chi connectivity index (χ0n) is 10.3. The Morgan fingerprint density at radius 1 is 1.31 bits per heavy atom. The largest absolute Gasteiger partial charge is 0.371 e. The number of fused-ring (bicyclic) bond motifs is 1. The molecule has 3 nitrogen and oxygen atoms in total. The molecule has 16 heavy (non-hydrogen) atoms. The Morgan fingerprint density at radius 3 is 2.75 bits per heavy atom. The minimum atomic E-state index is 0.232. The Bertz CT molecular complexity index is 500. The summed E-state index contributed by atoms with van der Waals surface area (Å²) >= 11 is 0. The molecule has 86 valence electrons. The molecule has 3 heteroatoms. The van der Waals surface area contributed by atoms with Crippen molar-refractivity contribution in [3.8, 4) is 0 Å². The first-order valence-corrected chi connectivity index (χ1v) is 5.63. The fraction of sp³-hybridized carbons (Fsp3) is 0.462. The van der Waals surface area contributed by atoms with Crippen LogP contribution in [0.15, 0.2) is 12.1 Å². The number of nitrogens with one attached hydrogen (secondary N) is 1. The summed E-state index contributed by atoms with van der Waals surface area (Å²) in [6.07, 6.45) is 0.232. The van der Waals surface area contributed by atoms with Crippen LogP contribution < -0.4 is 0 Å². The highest BCUT2D eigenvalue weighted by Gasteiger charge is 2.06. The van der Waals surface area contributed by atoms with Crippen molar-refractivity contribution in [1.82, 2.24) is 9.97 Å². The summed E-state index contributed by atoms with van der Waals surface area (Å²) in [5.41, 5.74) is 4.61. The van der Waals surface area contributed by atoms with Crippen LogP contribution in [-0.2, 0) is 11.3 Å². The number of aromatic amines is 1. The summed E-state index contributed by atoms with van der Waals surface area (Å²) < 4.78 is 5.53. The number of rotatable bonds is 3.